The normalized spacial score (nSPS) is 26.8. The van der Waals surface area contributed by atoms with Gasteiger partial charge >= 0.3 is 0 Å². The zero-order valence-electron chi connectivity index (χ0n) is 19.2. The molecule has 0 atom stereocenters. The summed E-state index contributed by atoms with van der Waals surface area (Å²) in [5.41, 5.74) is 0. The van der Waals surface area contributed by atoms with Gasteiger partial charge in [-0.25, -0.2) is 0 Å². The second kappa shape index (κ2) is 8.92. The van der Waals surface area contributed by atoms with Crippen LogP contribution in [0.3, 0.4) is 0 Å². The van der Waals surface area contributed by atoms with Gasteiger partial charge in [0.05, 0.1) is 0 Å². The van der Waals surface area contributed by atoms with Crippen molar-refractivity contribution in [3.63, 3.8) is 0 Å². The average Bonchev–Trinajstić information content (AvgIpc) is 3.26. The van der Waals surface area contributed by atoms with Crippen LogP contribution in [0.15, 0.2) is 121 Å². The third kappa shape index (κ3) is 3.64. The molecule has 0 spiro atoms. The van der Waals surface area contributed by atoms with Crippen LogP contribution in [-0.4, -0.2) is 24.5 Å². The minimum Gasteiger partial charge on any atom is -0.176 e. The first-order valence-electron chi connectivity index (χ1n) is 11.5. The Kier molecular flexibility index (Phi) is 6.17. The molecule has 2 aliphatic heterocycles. The van der Waals surface area contributed by atoms with Crippen LogP contribution in [0.25, 0.3) is 0 Å². The molecule has 0 radical (unpaired) electrons. The number of fused-ring (bicyclic) bond motifs is 1. The highest BCUT2D eigenvalue weighted by molar-refractivity contribution is 9.16. The molecule has 0 bridgehead atoms. The van der Waals surface area contributed by atoms with Crippen LogP contribution >= 0.6 is 42.6 Å². The highest BCUT2D eigenvalue weighted by atomic mass is 33.0. The Morgan fingerprint density at radius 2 is 0.559 bits per heavy atom. The molecule has 0 nitrogen and oxygen atoms in total. The molecule has 0 aliphatic carbocycles. The van der Waals surface area contributed by atoms with E-state index in [2.05, 4.69) is 177 Å². The van der Waals surface area contributed by atoms with E-state index in [1.165, 1.54) is 0 Å². The Morgan fingerprint density at radius 3 is 0.765 bits per heavy atom. The smallest absolute Gasteiger partial charge is 0.176 e. The lowest BCUT2D eigenvalue weighted by molar-refractivity contribution is 1.74. The van der Waals surface area contributed by atoms with E-state index in [-0.39, 0.29) is 0 Å². The second-order valence-electron chi connectivity index (χ2n) is 9.00. The molecule has 6 rings (SSSR count). The summed E-state index contributed by atoms with van der Waals surface area (Å²) in [6.45, 7) is 5.49. The van der Waals surface area contributed by atoms with Crippen LogP contribution in [0.1, 0.15) is 0 Å². The molecule has 0 aromatic heterocycles. The van der Waals surface area contributed by atoms with Gasteiger partial charge in [0.15, 0.2) is 11.8 Å². The molecule has 8 heteroatoms. The minimum atomic E-state index is -1.95. The van der Waals surface area contributed by atoms with Crippen LogP contribution in [0.2, 0.25) is 13.1 Å². The summed E-state index contributed by atoms with van der Waals surface area (Å²) < 4.78 is 0. The Morgan fingerprint density at radius 1 is 0.353 bits per heavy atom. The third-order valence-corrected chi connectivity index (χ3v) is 107. The number of hydrogen-bond acceptors (Lipinski definition) is 4. The van der Waals surface area contributed by atoms with E-state index in [0.29, 0.717) is 0 Å². The fraction of sp³-hybridized carbons (Fsp3) is 0.0769. The molecule has 2 aliphatic rings. The van der Waals surface area contributed by atoms with E-state index in [4.69, 9.17) is 0 Å². The Bertz CT molecular complexity index is 1090. The second-order valence-corrected chi connectivity index (χ2v) is 58.8. The van der Waals surface area contributed by atoms with Crippen LogP contribution in [0.4, 0.5) is 0 Å². The van der Waals surface area contributed by atoms with Gasteiger partial charge in [-0.2, -0.15) is 42.6 Å². The lowest BCUT2D eigenvalue weighted by atomic mass is 10.4. The molecule has 2 heterocycles. The summed E-state index contributed by atoms with van der Waals surface area (Å²) in [5, 5.41) is 6.39. The number of benzene rings is 4. The number of rotatable bonds is 4. The van der Waals surface area contributed by atoms with E-state index in [1.54, 1.807) is 20.7 Å². The van der Waals surface area contributed by atoms with E-state index < -0.39 is 24.5 Å². The molecule has 34 heavy (non-hydrogen) atoms. The largest absolute Gasteiger partial charge is 0.229 e. The van der Waals surface area contributed by atoms with E-state index in [1.807, 2.05) is 0 Å². The van der Waals surface area contributed by atoms with E-state index in [9.17, 15) is 0 Å². The molecule has 0 saturated carbocycles. The molecule has 4 aromatic rings. The molecule has 4 aromatic carbocycles. The molecule has 170 valence electrons. The Balaban J connectivity index is 1.51. The zero-order chi connectivity index (χ0) is 23.3. The summed E-state index contributed by atoms with van der Waals surface area (Å²) in [7, 11) is 10.0. The molecular weight excluding hydrogens is 553 g/mol. The maximum atomic E-state index is 2.75. The van der Waals surface area contributed by atoms with E-state index >= 15 is 0 Å². The molecule has 2 fully saturated rings. The fourth-order valence-corrected chi connectivity index (χ4v) is 191. The van der Waals surface area contributed by atoms with Gasteiger partial charge in [-0.1, -0.05) is 134 Å². The van der Waals surface area contributed by atoms with Crippen LogP contribution in [-0.2, 0) is 0 Å². The van der Waals surface area contributed by atoms with Crippen molar-refractivity contribution in [1.82, 2.24) is 0 Å². The average molecular weight is 579 g/mol. The van der Waals surface area contributed by atoms with Gasteiger partial charge < -0.3 is 0 Å². The third-order valence-electron chi connectivity index (χ3n) is 6.79. The highest BCUT2D eigenvalue weighted by Crippen LogP contribution is 2.71. The summed E-state index contributed by atoms with van der Waals surface area (Å²) in [5.74, 6) is -3.31. The van der Waals surface area contributed by atoms with Crippen LogP contribution in [0.5, 0.6) is 0 Å². The summed E-state index contributed by atoms with van der Waals surface area (Å²) in [6, 6.07) is 46.1. The number of hydrogen-bond donors (Lipinski definition) is 0. The van der Waals surface area contributed by atoms with Crippen LogP contribution in [0, 0.1) is 0 Å². The topological polar surface area (TPSA) is 0 Å². The van der Waals surface area contributed by atoms with Gasteiger partial charge in [0.1, 0.15) is 0 Å². The Labute approximate surface area is 220 Å². The standard InChI is InChI=1S/C26H26S4Si4/c1-31-27-33(23-15-7-3-8-16-23,24-17-9-4-10-18-24)29-32(31,2)30-34(28-31,25-19-11-5-12-20-25)26-21-13-6-14-22-26/h3-22H,1-2H3. The van der Waals surface area contributed by atoms with Gasteiger partial charge in [0.25, 0.3) is 0 Å². The summed E-state index contributed by atoms with van der Waals surface area (Å²) in [4.78, 5) is 0. The van der Waals surface area contributed by atoms with Gasteiger partial charge in [-0.3, -0.25) is 0 Å². The maximum absolute atomic E-state index is 2.75. The first kappa shape index (κ1) is 23.5. The Hall–Kier alpha value is -0.852. The van der Waals surface area contributed by atoms with Crippen molar-refractivity contribution in [2.45, 2.75) is 13.1 Å². The van der Waals surface area contributed by atoms with Gasteiger partial charge in [-0.15, -0.1) is 0 Å². The summed E-state index contributed by atoms with van der Waals surface area (Å²) >= 11 is 0. The summed E-state index contributed by atoms with van der Waals surface area (Å²) in [6.07, 6.45) is -3.90. The van der Waals surface area contributed by atoms with Crippen molar-refractivity contribution in [2.24, 2.45) is 0 Å². The van der Waals surface area contributed by atoms with Crippen molar-refractivity contribution in [1.29, 1.82) is 0 Å². The molecule has 0 N–H and O–H groups in total. The first-order valence-corrected chi connectivity index (χ1v) is 30.6. The fourth-order valence-electron chi connectivity index (χ4n) is 4.99. The van der Waals surface area contributed by atoms with Gasteiger partial charge in [0.2, 0.25) is 12.7 Å². The molecule has 2 saturated heterocycles. The van der Waals surface area contributed by atoms with Gasteiger partial charge in [-0.05, 0) is 20.7 Å². The van der Waals surface area contributed by atoms with Crippen molar-refractivity contribution < 1.29 is 0 Å². The molecule has 0 unspecified atom stereocenters. The minimum absolute atomic E-state index is 1.60. The highest BCUT2D eigenvalue weighted by Gasteiger charge is 2.75. The van der Waals surface area contributed by atoms with Gasteiger partial charge in [0, 0.05) is 0 Å². The maximum Gasteiger partial charge on any atom is 0.229 e. The zero-order valence-corrected chi connectivity index (χ0v) is 26.4. The van der Waals surface area contributed by atoms with E-state index in [0.717, 1.165) is 0 Å². The predicted octanol–water partition coefficient (Wildman–Crippen LogP) is 5.68. The van der Waals surface area contributed by atoms with Crippen molar-refractivity contribution in [3.8, 4) is 0 Å². The van der Waals surface area contributed by atoms with Crippen molar-refractivity contribution in [3.05, 3.63) is 121 Å². The SMILES string of the molecule is C[Si]12S[Si](c3ccccc3)(c3ccccc3)S[Si]1(C)S[Si](c1ccccc1)(c1ccccc1)S2. The molecular formula is C26H26S4Si4. The predicted molar refractivity (Wildman–Crippen MR) is 169 cm³/mol. The lowest BCUT2D eigenvalue weighted by Gasteiger charge is -2.34. The van der Waals surface area contributed by atoms with Crippen molar-refractivity contribution >= 4 is 87.9 Å². The monoisotopic (exact) mass is 578 g/mol. The molecule has 0 amide bonds. The van der Waals surface area contributed by atoms with Crippen LogP contribution < -0.4 is 20.7 Å². The first-order chi connectivity index (χ1) is 16.5. The lowest BCUT2D eigenvalue weighted by Crippen LogP contribution is -2.55. The quantitative estimate of drug-likeness (QED) is 0.286. The van der Waals surface area contributed by atoms with Crippen molar-refractivity contribution in [2.75, 3.05) is 0 Å².